The molecular formula is C26H34N4O2Si. The van der Waals surface area contributed by atoms with Crippen LogP contribution in [-0.4, -0.2) is 45.4 Å². The zero-order valence-corrected chi connectivity index (χ0v) is 21.0. The third-order valence-corrected chi connectivity index (χ3v) is 6.84. The van der Waals surface area contributed by atoms with Crippen LogP contribution in [0.4, 0.5) is 0 Å². The molecule has 1 heterocycles. The van der Waals surface area contributed by atoms with Crippen LogP contribution < -0.4 is 10.1 Å². The van der Waals surface area contributed by atoms with Crippen LogP contribution in [0.25, 0.3) is 10.9 Å². The first-order chi connectivity index (χ1) is 15.9. The highest BCUT2D eigenvalue weighted by Gasteiger charge is 2.12. The molecule has 174 valence electrons. The molecule has 0 spiro atoms. The van der Waals surface area contributed by atoms with Crippen molar-refractivity contribution in [2.24, 2.45) is 4.99 Å². The molecule has 1 aromatic heterocycles. The van der Waals surface area contributed by atoms with Crippen LogP contribution >= 0.6 is 0 Å². The second-order valence-electron chi connectivity index (χ2n) is 9.17. The lowest BCUT2D eigenvalue weighted by Gasteiger charge is -2.14. The summed E-state index contributed by atoms with van der Waals surface area (Å²) in [7, 11) is 0.811. The molecule has 0 fully saturated rings. The van der Waals surface area contributed by atoms with E-state index in [0.29, 0.717) is 13.2 Å². The lowest BCUT2D eigenvalue weighted by Crippen LogP contribution is -2.21. The van der Waals surface area contributed by atoms with Crippen molar-refractivity contribution in [3.05, 3.63) is 65.9 Å². The summed E-state index contributed by atoms with van der Waals surface area (Å²) in [4.78, 5) is 9.23. The van der Waals surface area contributed by atoms with E-state index < -0.39 is 8.07 Å². The van der Waals surface area contributed by atoms with E-state index in [1.54, 1.807) is 0 Å². The second kappa shape index (κ2) is 11.8. The summed E-state index contributed by atoms with van der Waals surface area (Å²) in [5.74, 6) is 1.51. The Labute approximate surface area is 197 Å². The van der Waals surface area contributed by atoms with Gasteiger partial charge in [0.15, 0.2) is 0 Å². The van der Waals surface area contributed by atoms with E-state index in [2.05, 4.69) is 41.0 Å². The quantitative estimate of drug-likeness (QED) is 0.200. The number of benzene rings is 2. The highest BCUT2D eigenvalue weighted by molar-refractivity contribution is 6.76. The minimum atomic E-state index is -1.10. The van der Waals surface area contributed by atoms with Gasteiger partial charge in [-0.3, -0.25) is 9.98 Å². The molecule has 0 radical (unpaired) electrons. The van der Waals surface area contributed by atoms with Crippen molar-refractivity contribution in [1.82, 2.24) is 10.3 Å². The Bertz CT molecular complexity index is 1090. The van der Waals surface area contributed by atoms with Gasteiger partial charge >= 0.3 is 0 Å². The first-order valence-electron chi connectivity index (χ1n) is 11.3. The predicted molar refractivity (Wildman–Crippen MR) is 140 cm³/mol. The van der Waals surface area contributed by atoms with E-state index in [-0.39, 0.29) is 0 Å². The van der Waals surface area contributed by atoms with Gasteiger partial charge in [-0.25, -0.2) is 0 Å². The van der Waals surface area contributed by atoms with Gasteiger partial charge in [-0.2, -0.15) is 0 Å². The summed E-state index contributed by atoms with van der Waals surface area (Å²) in [6.07, 6.45) is 1.85. The molecule has 0 aliphatic rings. The van der Waals surface area contributed by atoms with Crippen molar-refractivity contribution in [3.63, 3.8) is 0 Å². The van der Waals surface area contributed by atoms with Crippen LogP contribution in [0.15, 0.2) is 59.6 Å². The normalized spacial score (nSPS) is 12.2. The number of aliphatic imine (C=N–C) groups is 1. The molecule has 0 bridgehead atoms. The molecule has 0 aliphatic heterocycles. The van der Waals surface area contributed by atoms with E-state index in [0.717, 1.165) is 58.6 Å². The van der Waals surface area contributed by atoms with Crippen molar-refractivity contribution in [2.75, 3.05) is 20.4 Å². The summed E-state index contributed by atoms with van der Waals surface area (Å²) in [5, 5.41) is 11.7. The fourth-order valence-corrected chi connectivity index (χ4v) is 4.03. The monoisotopic (exact) mass is 462 g/mol. The Morgan fingerprint density at radius 1 is 1.06 bits per heavy atom. The van der Waals surface area contributed by atoms with Gasteiger partial charge in [0.05, 0.1) is 16.9 Å². The van der Waals surface area contributed by atoms with Crippen molar-refractivity contribution in [2.45, 2.75) is 38.7 Å². The molecule has 2 aromatic carbocycles. The fourth-order valence-electron chi connectivity index (χ4n) is 3.28. The predicted octanol–water partition coefficient (Wildman–Crippen LogP) is 5.89. The summed E-state index contributed by atoms with van der Waals surface area (Å²) in [5.41, 5.74) is 3.78. The Morgan fingerprint density at radius 2 is 1.82 bits per heavy atom. The number of rotatable bonds is 12. The number of aromatic nitrogens is 1. The summed E-state index contributed by atoms with van der Waals surface area (Å²) < 4.78 is 11.8. The number of hydrogen-bond acceptors (Lipinski definition) is 6. The van der Waals surface area contributed by atoms with Gasteiger partial charge in [0.2, 0.25) is 0 Å². The van der Waals surface area contributed by atoms with Gasteiger partial charge in [-0.1, -0.05) is 25.7 Å². The third kappa shape index (κ3) is 7.89. The van der Waals surface area contributed by atoms with Crippen LogP contribution in [-0.2, 0) is 11.3 Å². The topological polar surface area (TPSA) is 79.6 Å². The highest BCUT2D eigenvalue weighted by atomic mass is 28.3. The Kier molecular flexibility index (Phi) is 8.88. The highest BCUT2D eigenvalue weighted by Crippen LogP contribution is 2.26. The largest absolute Gasteiger partial charge is 0.457 e. The second-order valence-corrected chi connectivity index (χ2v) is 14.8. The molecular weight excluding hydrogens is 428 g/mol. The lowest BCUT2D eigenvalue weighted by atomic mass is 10.1. The van der Waals surface area contributed by atoms with E-state index in [1.807, 2.05) is 55.6 Å². The van der Waals surface area contributed by atoms with Crippen molar-refractivity contribution < 1.29 is 9.47 Å². The van der Waals surface area contributed by atoms with Gasteiger partial charge in [-0.15, -0.1) is 0 Å². The molecule has 0 aliphatic carbocycles. The molecule has 6 nitrogen and oxygen atoms in total. The molecule has 0 atom stereocenters. The summed E-state index contributed by atoms with van der Waals surface area (Å²) in [6, 6.07) is 18.9. The van der Waals surface area contributed by atoms with Crippen LogP contribution in [0.3, 0.4) is 0 Å². The van der Waals surface area contributed by atoms with Gasteiger partial charge in [0, 0.05) is 39.2 Å². The van der Waals surface area contributed by atoms with Gasteiger partial charge in [0.25, 0.3) is 0 Å². The number of hydrogen-bond donors (Lipinski definition) is 2. The van der Waals surface area contributed by atoms with Crippen LogP contribution in [0.2, 0.25) is 25.7 Å². The van der Waals surface area contributed by atoms with Crippen LogP contribution in [0.1, 0.15) is 17.7 Å². The SMILES string of the molecule is CNCc1ccc2cc(Oc3ccc(C(CC=N)=NCOCC[Si](C)(C)C)cc3)ccc2n1. The number of pyridine rings is 1. The van der Waals surface area contributed by atoms with Crippen LogP contribution in [0.5, 0.6) is 11.5 Å². The summed E-state index contributed by atoms with van der Waals surface area (Å²) in [6.45, 7) is 8.81. The average molecular weight is 463 g/mol. The zero-order chi connectivity index (χ0) is 23.7. The Morgan fingerprint density at radius 3 is 2.52 bits per heavy atom. The van der Waals surface area contributed by atoms with E-state index in [4.69, 9.17) is 14.9 Å². The first kappa shape index (κ1) is 24.8. The first-order valence-corrected chi connectivity index (χ1v) is 15.0. The van der Waals surface area contributed by atoms with E-state index in [9.17, 15) is 0 Å². The minimum Gasteiger partial charge on any atom is -0.457 e. The molecule has 3 aromatic rings. The van der Waals surface area contributed by atoms with Gasteiger partial charge < -0.3 is 20.2 Å². The Balaban J connectivity index is 1.64. The van der Waals surface area contributed by atoms with Gasteiger partial charge in [-0.05, 0) is 67.2 Å². The fraction of sp³-hybridized carbons (Fsp3) is 0.346. The molecule has 0 unspecified atom stereocenters. The maximum absolute atomic E-state index is 7.50. The maximum Gasteiger partial charge on any atom is 0.137 e. The Hall–Kier alpha value is -2.87. The minimum absolute atomic E-state index is 0.326. The van der Waals surface area contributed by atoms with Crippen LogP contribution in [0, 0.1) is 5.41 Å². The molecule has 7 heteroatoms. The average Bonchev–Trinajstić information content (AvgIpc) is 2.78. The number of fused-ring (bicyclic) bond motifs is 1. The van der Waals surface area contributed by atoms with E-state index in [1.165, 1.54) is 6.21 Å². The zero-order valence-electron chi connectivity index (χ0n) is 20.0. The standard InChI is InChI=1S/C26H34N4O2Si/c1-28-18-22-8-5-21-17-24(11-12-26(21)30-22)32-23-9-6-20(7-10-23)25(13-14-27)29-19-31-15-16-33(2,3)4/h5-12,14,17,27-28H,13,15-16,18-19H2,1-4H3. The van der Waals surface area contributed by atoms with Crippen molar-refractivity contribution in [1.29, 1.82) is 5.41 Å². The molecule has 33 heavy (non-hydrogen) atoms. The molecule has 0 saturated heterocycles. The van der Waals surface area contributed by atoms with Gasteiger partial charge in [0.1, 0.15) is 18.2 Å². The number of nitrogens with one attached hydrogen (secondary N) is 2. The summed E-state index contributed by atoms with van der Waals surface area (Å²) >= 11 is 0. The number of nitrogens with zero attached hydrogens (tertiary/aromatic N) is 2. The number of ether oxygens (including phenoxy) is 2. The van der Waals surface area contributed by atoms with Crippen molar-refractivity contribution >= 4 is 30.9 Å². The lowest BCUT2D eigenvalue weighted by molar-refractivity contribution is 0.155. The molecule has 0 amide bonds. The van der Waals surface area contributed by atoms with E-state index >= 15 is 0 Å². The molecule has 0 saturated carbocycles. The maximum atomic E-state index is 7.50. The smallest absolute Gasteiger partial charge is 0.137 e. The third-order valence-electron chi connectivity index (χ3n) is 5.14. The molecule has 3 rings (SSSR count). The molecule has 2 N–H and O–H groups in total. The van der Waals surface area contributed by atoms with Crippen molar-refractivity contribution in [3.8, 4) is 11.5 Å².